The summed E-state index contributed by atoms with van der Waals surface area (Å²) in [6.07, 6.45) is 57.8. The maximum absolute atomic E-state index is 13.2. The zero-order valence-corrected chi connectivity index (χ0v) is 40.8. The molecule has 3 N–H and O–H groups in total. The minimum atomic E-state index is -0.788. The largest absolute Gasteiger partial charge is 0.462 e. The highest BCUT2D eigenvalue weighted by atomic mass is 16.5. The van der Waals surface area contributed by atoms with Gasteiger partial charge in [-0.15, -0.1) is 0 Å². The number of esters is 1. The third-order valence-corrected chi connectivity index (χ3v) is 12.3. The quantitative estimate of drug-likeness (QED) is 0.0322. The number of carbonyl (C=O) groups is 2. The van der Waals surface area contributed by atoms with Crippen molar-refractivity contribution >= 4 is 11.9 Å². The molecule has 0 aromatic heterocycles. The van der Waals surface area contributed by atoms with Crippen LogP contribution < -0.4 is 5.32 Å². The maximum atomic E-state index is 13.2. The molecule has 3 unspecified atom stereocenters. The molecule has 0 bridgehead atoms. The minimum absolute atomic E-state index is 0.0725. The van der Waals surface area contributed by atoms with Crippen molar-refractivity contribution in [2.45, 2.75) is 296 Å². The lowest BCUT2D eigenvalue weighted by Crippen LogP contribution is -2.46. The first-order valence-electron chi connectivity index (χ1n) is 26.7. The third kappa shape index (κ3) is 44.5. The van der Waals surface area contributed by atoms with Crippen molar-refractivity contribution in [2.24, 2.45) is 0 Å². The molecule has 0 saturated heterocycles. The van der Waals surface area contributed by atoms with Crippen molar-refractivity contribution in [3.63, 3.8) is 0 Å². The Balaban J connectivity index is 4.46. The third-order valence-electron chi connectivity index (χ3n) is 12.3. The summed E-state index contributed by atoms with van der Waals surface area (Å²) in [5.74, 6) is -0.488. The van der Waals surface area contributed by atoms with Crippen LogP contribution in [0.25, 0.3) is 0 Å². The van der Waals surface area contributed by atoms with E-state index >= 15 is 0 Å². The molecule has 1 amide bonds. The summed E-state index contributed by atoms with van der Waals surface area (Å²) in [4.78, 5) is 26.1. The van der Waals surface area contributed by atoms with E-state index in [-0.39, 0.29) is 24.9 Å². The number of amides is 1. The first-order chi connectivity index (χ1) is 30.0. The maximum Gasteiger partial charge on any atom is 0.306 e. The van der Waals surface area contributed by atoms with E-state index in [1.165, 1.54) is 167 Å². The summed E-state index contributed by atoms with van der Waals surface area (Å²) in [5, 5.41) is 23.8. The van der Waals surface area contributed by atoms with E-state index < -0.39 is 18.2 Å². The van der Waals surface area contributed by atoms with Crippen LogP contribution in [0.2, 0.25) is 0 Å². The number of carbonyl (C=O) groups excluding carboxylic acids is 2. The van der Waals surface area contributed by atoms with Crippen molar-refractivity contribution in [2.75, 3.05) is 6.61 Å². The van der Waals surface area contributed by atoms with E-state index in [9.17, 15) is 19.8 Å². The normalized spacial score (nSPS) is 13.5. The number of nitrogens with one attached hydrogen (secondary N) is 1. The van der Waals surface area contributed by atoms with Crippen LogP contribution in [0.1, 0.15) is 278 Å². The van der Waals surface area contributed by atoms with Gasteiger partial charge in [0.2, 0.25) is 5.91 Å². The fourth-order valence-corrected chi connectivity index (χ4v) is 8.20. The smallest absolute Gasteiger partial charge is 0.306 e. The summed E-state index contributed by atoms with van der Waals surface area (Å²) < 4.78 is 5.92. The Labute approximate surface area is 379 Å². The summed E-state index contributed by atoms with van der Waals surface area (Å²) in [5.41, 5.74) is 0. The van der Waals surface area contributed by atoms with Crippen LogP contribution in [0.4, 0.5) is 0 Å². The summed E-state index contributed by atoms with van der Waals surface area (Å²) in [6, 6.07) is -0.702. The Hall–Kier alpha value is -1.92. The van der Waals surface area contributed by atoms with Crippen LogP contribution in [0.15, 0.2) is 36.5 Å². The van der Waals surface area contributed by atoms with Crippen LogP contribution in [-0.4, -0.2) is 46.9 Å². The van der Waals surface area contributed by atoms with Gasteiger partial charge in [0.1, 0.15) is 6.10 Å². The topological polar surface area (TPSA) is 95.9 Å². The van der Waals surface area contributed by atoms with Gasteiger partial charge in [-0.3, -0.25) is 9.59 Å². The van der Waals surface area contributed by atoms with Crippen molar-refractivity contribution in [1.29, 1.82) is 0 Å². The van der Waals surface area contributed by atoms with Gasteiger partial charge in [-0.2, -0.15) is 0 Å². The minimum Gasteiger partial charge on any atom is -0.462 e. The second-order valence-electron chi connectivity index (χ2n) is 18.3. The molecule has 0 heterocycles. The molecule has 0 aliphatic rings. The Morgan fingerprint density at radius 3 is 1.25 bits per heavy atom. The van der Waals surface area contributed by atoms with Gasteiger partial charge in [0, 0.05) is 6.42 Å². The molecular weight excluding hydrogens is 755 g/mol. The van der Waals surface area contributed by atoms with Crippen LogP contribution in [0.3, 0.4) is 0 Å². The van der Waals surface area contributed by atoms with Crippen LogP contribution in [0, 0.1) is 0 Å². The second kappa shape index (κ2) is 49.1. The molecule has 6 nitrogen and oxygen atoms in total. The molecule has 6 heteroatoms. The molecule has 61 heavy (non-hydrogen) atoms. The zero-order chi connectivity index (χ0) is 44.5. The lowest BCUT2D eigenvalue weighted by atomic mass is 10.0. The first kappa shape index (κ1) is 59.1. The lowest BCUT2D eigenvalue weighted by molar-refractivity contribution is -0.151. The highest BCUT2D eigenvalue weighted by molar-refractivity contribution is 5.77. The number of hydrogen-bond donors (Lipinski definition) is 3. The zero-order valence-electron chi connectivity index (χ0n) is 40.8. The van der Waals surface area contributed by atoms with Gasteiger partial charge in [0.25, 0.3) is 0 Å². The molecule has 0 fully saturated rings. The van der Waals surface area contributed by atoms with Gasteiger partial charge in [0.05, 0.1) is 25.2 Å². The van der Waals surface area contributed by atoms with E-state index in [2.05, 4.69) is 62.5 Å². The Morgan fingerprint density at radius 2 is 0.836 bits per heavy atom. The van der Waals surface area contributed by atoms with Crippen LogP contribution in [-0.2, 0) is 14.3 Å². The monoisotopic (exact) mass is 858 g/mol. The first-order valence-corrected chi connectivity index (χ1v) is 26.7. The van der Waals surface area contributed by atoms with Gasteiger partial charge in [-0.1, -0.05) is 250 Å². The van der Waals surface area contributed by atoms with Gasteiger partial charge in [-0.25, -0.2) is 0 Å². The highest BCUT2D eigenvalue weighted by Crippen LogP contribution is 2.18. The number of unbranched alkanes of at least 4 members (excludes halogenated alkanes) is 32. The van der Waals surface area contributed by atoms with Crippen LogP contribution >= 0.6 is 0 Å². The summed E-state index contributed by atoms with van der Waals surface area (Å²) >= 11 is 0. The predicted molar refractivity (Wildman–Crippen MR) is 264 cm³/mol. The molecule has 358 valence electrons. The van der Waals surface area contributed by atoms with Gasteiger partial charge >= 0.3 is 5.97 Å². The number of hydrogen-bond acceptors (Lipinski definition) is 5. The Bertz CT molecular complexity index is 1010. The predicted octanol–water partition coefficient (Wildman–Crippen LogP) is 16.1. The average Bonchev–Trinajstić information content (AvgIpc) is 3.25. The number of aliphatic hydroxyl groups is 2. The SMILES string of the molecule is CCCCCCC/C=C/C=C/C=C/CCCCCCCC(=O)OC(CCCCCCCCCCC)CC(=O)NC(CO)C(O)CCCCCCCCCCCCCCCCC. The Kier molecular flexibility index (Phi) is 47.6. The second-order valence-corrected chi connectivity index (χ2v) is 18.3. The van der Waals surface area contributed by atoms with Crippen molar-refractivity contribution in [3.05, 3.63) is 36.5 Å². The summed E-state index contributed by atoms with van der Waals surface area (Å²) in [7, 11) is 0. The van der Waals surface area contributed by atoms with Crippen molar-refractivity contribution in [1.82, 2.24) is 5.32 Å². The van der Waals surface area contributed by atoms with E-state index in [1.807, 2.05) is 0 Å². The van der Waals surface area contributed by atoms with E-state index in [4.69, 9.17) is 4.74 Å². The van der Waals surface area contributed by atoms with Crippen molar-refractivity contribution in [3.8, 4) is 0 Å². The number of ether oxygens (including phenoxy) is 1. The summed E-state index contributed by atoms with van der Waals surface area (Å²) in [6.45, 7) is 6.47. The van der Waals surface area contributed by atoms with Crippen LogP contribution in [0.5, 0.6) is 0 Å². The molecule has 0 aromatic rings. The number of aliphatic hydroxyl groups excluding tert-OH is 2. The molecule has 0 spiro atoms. The number of rotatable bonds is 48. The van der Waals surface area contributed by atoms with Gasteiger partial charge in [-0.05, 0) is 51.4 Å². The van der Waals surface area contributed by atoms with Gasteiger partial charge < -0.3 is 20.3 Å². The highest BCUT2D eigenvalue weighted by Gasteiger charge is 2.24. The average molecular weight is 858 g/mol. The molecular formula is C55H103NO5. The standard InChI is InChI=1S/C55H103NO5/c1-4-7-10-13-16-19-21-23-25-26-27-29-31-33-36-39-42-45-48-55(60)61-51(46-43-40-37-34-18-15-12-9-6-3)49-54(59)56-52(50-57)53(58)47-44-41-38-35-32-30-28-24-22-20-17-14-11-8-5-2/h21,23,25-27,29,51-53,57-58H,4-20,22,24,28,30-50H2,1-3H3,(H,56,59)/b23-21+,26-25+,29-27+. The molecule has 0 aromatic carbocycles. The molecule has 0 radical (unpaired) electrons. The fourth-order valence-electron chi connectivity index (χ4n) is 8.20. The number of allylic oxidation sites excluding steroid dienone is 6. The fraction of sp³-hybridized carbons (Fsp3) is 0.855. The molecule has 0 aliphatic heterocycles. The molecule has 3 atom stereocenters. The van der Waals surface area contributed by atoms with Crippen molar-refractivity contribution < 1.29 is 24.5 Å². The lowest BCUT2D eigenvalue weighted by Gasteiger charge is -2.24. The molecule has 0 rings (SSSR count). The van der Waals surface area contributed by atoms with E-state index in [0.29, 0.717) is 19.3 Å². The molecule has 0 saturated carbocycles. The van der Waals surface area contributed by atoms with E-state index in [0.717, 1.165) is 64.2 Å². The molecule has 0 aliphatic carbocycles. The van der Waals surface area contributed by atoms with E-state index in [1.54, 1.807) is 0 Å². The Morgan fingerprint density at radius 1 is 0.475 bits per heavy atom. The van der Waals surface area contributed by atoms with Gasteiger partial charge in [0.15, 0.2) is 0 Å².